The van der Waals surface area contributed by atoms with E-state index in [4.69, 9.17) is 11.6 Å². The zero-order chi connectivity index (χ0) is 12.4. The first-order valence-corrected chi connectivity index (χ1v) is 7.36. The van der Waals surface area contributed by atoms with E-state index in [1.54, 1.807) is 0 Å². The van der Waals surface area contributed by atoms with Crippen molar-refractivity contribution in [3.63, 3.8) is 0 Å². The number of rotatable bonds is 2. The van der Waals surface area contributed by atoms with Gasteiger partial charge in [0.15, 0.2) is 0 Å². The third kappa shape index (κ3) is 2.56. The van der Waals surface area contributed by atoms with Crippen LogP contribution < -0.4 is 5.32 Å². The van der Waals surface area contributed by atoms with Crippen LogP contribution in [0.25, 0.3) is 0 Å². The first-order valence-electron chi connectivity index (χ1n) is 6.98. The SMILES string of the molecule is Clc1ccccc1CN1CCNC2(CCCC2)C1. The number of hydrogen-bond acceptors (Lipinski definition) is 2. The fraction of sp³-hybridized carbons (Fsp3) is 0.600. The Kier molecular flexibility index (Phi) is 3.60. The second-order valence-electron chi connectivity index (χ2n) is 5.72. The van der Waals surface area contributed by atoms with Gasteiger partial charge in [-0.25, -0.2) is 0 Å². The van der Waals surface area contributed by atoms with Crippen LogP contribution in [-0.2, 0) is 6.54 Å². The maximum absolute atomic E-state index is 6.25. The number of piperazine rings is 1. The van der Waals surface area contributed by atoms with Crippen molar-refractivity contribution < 1.29 is 0 Å². The predicted molar refractivity (Wildman–Crippen MR) is 75.9 cm³/mol. The lowest BCUT2D eigenvalue weighted by Crippen LogP contribution is -2.58. The van der Waals surface area contributed by atoms with E-state index in [-0.39, 0.29) is 0 Å². The average Bonchev–Trinajstić information content (AvgIpc) is 2.80. The van der Waals surface area contributed by atoms with E-state index in [9.17, 15) is 0 Å². The van der Waals surface area contributed by atoms with Crippen LogP contribution in [0.2, 0.25) is 5.02 Å². The van der Waals surface area contributed by atoms with Crippen LogP contribution in [-0.4, -0.2) is 30.1 Å². The van der Waals surface area contributed by atoms with Gasteiger partial charge in [0.1, 0.15) is 0 Å². The Morgan fingerprint density at radius 2 is 2.00 bits per heavy atom. The van der Waals surface area contributed by atoms with Gasteiger partial charge in [0.25, 0.3) is 0 Å². The molecule has 1 aliphatic carbocycles. The largest absolute Gasteiger partial charge is 0.309 e. The zero-order valence-electron chi connectivity index (χ0n) is 10.8. The number of nitrogens with zero attached hydrogens (tertiary/aromatic N) is 1. The van der Waals surface area contributed by atoms with Gasteiger partial charge < -0.3 is 5.32 Å². The highest BCUT2D eigenvalue weighted by atomic mass is 35.5. The van der Waals surface area contributed by atoms with E-state index < -0.39 is 0 Å². The molecule has 0 aromatic heterocycles. The number of nitrogens with one attached hydrogen (secondary N) is 1. The lowest BCUT2D eigenvalue weighted by Gasteiger charge is -2.41. The minimum atomic E-state index is 0.402. The molecule has 1 saturated carbocycles. The van der Waals surface area contributed by atoms with Gasteiger partial charge in [-0.15, -0.1) is 0 Å². The van der Waals surface area contributed by atoms with Gasteiger partial charge in [-0.2, -0.15) is 0 Å². The van der Waals surface area contributed by atoms with Gasteiger partial charge in [0.05, 0.1) is 0 Å². The molecule has 1 aromatic carbocycles. The molecule has 3 rings (SSSR count). The molecule has 2 fully saturated rings. The molecule has 0 amide bonds. The molecule has 0 atom stereocenters. The van der Waals surface area contributed by atoms with Crippen molar-refractivity contribution in [2.45, 2.75) is 37.8 Å². The molecule has 1 N–H and O–H groups in total. The van der Waals surface area contributed by atoms with Gasteiger partial charge in [-0.3, -0.25) is 4.90 Å². The first kappa shape index (κ1) is 12.5. The Hall–Kier alpha value is -0.570. The molecule has 3 heteroatoms. The fourth-order valence-electron chi connectivity index (χ4n) is 3.43. The van der Waals surface area contributed by atoms with E-state index in [0.717, 1.165) is 24.7 Å². The van der Waals surface area contributed by atoms with Crippen molar-refractivity contribution in [3.8, 4) is 0 Å². The molecule has 1 aliphatic heterocycles. The van der Waals surface area contributed by atoms with Crippen LogP contribution in [0.1, 0.15) is 31.2 Å². The smallest absolute Gasteiger partial charge is 0.0451 e. The Bertz CT molecular complexity index is 413. The summed E-state index contributed by atoms with van der Waals surface area (Å²) in [6.07, 6.45) is 5.44. The second kappa shape index (κ2) is 5.20. The van der Waals surface area contributed by atoms with Crippen molar-refractivity contribution in [2.75, 3.05) is 19.6 Å². The van der Waals surface area contributed by atoms with Gasteiger partial charge in [-0.05, 0) is 24.5 Å². The van der Waals surface area contributed by atoms with Gasteiger partial charge >= 0.3 is 0 Å². The van der Waals surface area contributed by atoms with E-state index in [1.165, 1.54) is 37.8 Å². The van der Waals surface area contributed by atoms with Crippen molar-refractivity contribution in [1.82, 2.24) is 10.2 Å². The second-order valence-corrected chi connectivity index (χ2v) is 6.12. The average molecular weight is 265 g/mol. The summed E-state index contributed by atoms with van der Waals surface area (Å²) >= 11 is 6.25. The molecule has 98 valence electrons. The highest BCUT2D eigenvalue weighted by Gasteiger charge is 2.37. The van der Waals surface area contributed by atoms with Gasteiger partial charge in [0.2, 0.25) is 0 Å². The zero-order valence-corrected chi connectivity index (χ0v) is 11.5. The monoisotopic (exact) mass is 264 g/mol. The molecular weight excluding hydrogens is 244 g/mol. The van der Waals surface area contributed by atoms with Crippen LogP contribution >= 0.6 is 11.6 Å². The summed E-state index contributed by atoms with van der Waals surface area (Å²) in [5.74, 6) is 0. The molecule has 1 saturated heterocycles. The summed E-state index contributed by atoms with van der Waals surface area (Å²) in [7, 11) is 0. The lowest BCUT2D eigenvalue weighted by atomic mass is 9.94. The van der Waals surface area contributed by atoms with Crippen LogP contribution in [0.15, 0.2) is 24.3 Å². The summed E-state index contributed by atoms with van der Waals surface area (Å²) in [6.45, 7) is 4.42. The van der Waals surface area contributed by atoms with Gasteiger partial charge in [0, 0.05) is 36.7 Å². The molecule has 2 aliphatic rings. The van der Waals surface area contributed by atoms with E-state index in [1.807, 2.05) is 12.1 Å². The summed E-state index contributed by atoms with van der Waals surface area (Å²) in [6, 6.07) is 8.22. The summed E-state index contributed by atoms with van der Waals surface area (Å²) in [5, 5.41) is 4.65. The summed E-state index contributed by atoms with van der Waals surface area (Å²) in [5.41, 5.74) is 1.66. The molecule has 1 heterocycles. The Morgan fingerprint density at radius 3 is 2.78 bits per heavy atom. The van der Waals surface area contributed by atoms with E-state index in [0.29, 0.717) is 5.54 Å². The Labute approximate surface area is 114 Å². The number of benzene rings is 1. The molecule has 2 nitrogen and oxygen atoms in total. The summed E-state index contributed by atoms with van der Waals surface area (Å²) in [4.78, 5) is 2.56. The van der Waals surface area contributed by atoms with Crippen LogP contribution in [0.4, 0.5) is 0 Å². The van der Waals surface area contributed by atoms with Crippen molar-refractivity contribution in [2.24, 2.45) is 0 Å². The minimum absolute atomic E-state index is 0.402. The normalized spacial score (nSPS) is 23.6. The molecule has 1 aromatic rings. The van der Waals surface area contributed by atoms with Crippen molar-refractivity contribution in [1.29, 1.82) is 0 Å². The van der Waals surface area contributed by atoms with E-state index in [2.05, 4.69) is 22.3 Å². The third-order valence-corrected chi connectivity index (χ3v) is 4.74. The molecule has 0 bridgehead atoms. The van der Waals surface area contributed by atoms with Crippen LogP contribution in [0, 0.1) is 0 Å². The quantitative estimate of drug-likeness (QED) is 0.883. The molecule has 0 radical (unpaired) electrons. The maximum Gasteiger partial charge on any atom is 0.0451 e. The Morgan fingerprint density at radius 1 is 1.22 bits per heavy atom. The maximum atomic E-state index is 6.25. The fourth-order valence-corrected chi connectivity index (χ4v) is 3.63. The number of halogens is 1. The van der Waals surface area contributed by atoms with Gasteiger partial charge in [-0.1, -0.05) is 42.6 Å². The minimum Gasteiger partial charge on any atom is -0.309 e. The standard InChI is InChI=1S/C15H21ClN2/c16-14-6-2-1-5-13(14)11-18-10-9-17-15(12-18)7-3-4-8-15/h1-2,5-6,17H,3-4,7-12H2. The Balaban J connectivity index is 1.68. The summed E-state index contributed by atoms with van der Waals surface area (Å²) < 4.78 is 0. The highest BCUT2D eigenvalue weighted by molar-refractivity contribution is 6.31. The first-order chi connectivity index (χ1) is 8.77. The third-order valence-electron chi connectivity index (χ3n) is 4.37. The number of hydrogen-bond donors (Lipinski definition) is 1. The lowest BCUT2D eigenvalue weighted by molar-refractivity contribution is 0.129. The van der Waals surface area contributed by atoms with Crippen molar-refractivity contribution in [3.05, 3.63) is 34.9 Å². The molecule has 0 unspecified atom stereocenters. The van der Waals surface area contributed by atoms with Crippen molar-refractivity contribution >= 4 is 11.6 Å². The molecule has 1 spiro atoms. The topological polar surface area (TPSA) is 15.3 Å². The highest BCUT2D eigenvalue weighted by Crippen LogP contribution is 2.32. The molecule has 18 heavy (non-hydrogen) atoms. The van der Waals surface area contributed by atoms with Crippen LogP contribution in [0.5, 0.6) is 0 Å². The predicted octanol–water partition coefficient (Wildman–Crippen LogP) is 3.06. The van der Waals surface area contributed by atoms with Crippen LogP contribution in [0.3, 0.4) is 0 Å². The molecular formula is C15H21ClN2. The van der Waals surface area contributed by atoms with E-state index >= 15 is 0 Å².